The second-order valence-corrected chi connectivity index (χ2v) is 11.0. The summed E-state index contributed by atoms with van der Waals surface area (Å²) in [5.41, 5.74) is 4.99. The van der Waals surface area contributed by atoms with Gasteiger partial charge in [-0.1, -0.05) is 67.9 Å². The van der Waals surface area contributed by atoms with Crippen molar-refractivity contribution >= 4 is 11.8 Å². The Hall–Kier alpha value is -3.51. The van der Waals surface area contributed by atoms with Gasteiger partial charge in [-0.05, 0) is 73.6 Å². The van der Waals surface area contributed by atoms with Crippen LogP contribution in [0.4, 0.5) is 4.39 Å². The molecule has 3 aromatic rings. The average Bonchev–Trinajstić information content (AvgIpc) is 2.97. The second kappa shape index (κ2) is 14.2. The Morgan fingerprint density at radius 3 is 2.20 bits per heavy atom. The molecule has 0 aromatic heterocycles. The lowest BCUT2D eigenvalue weighted by Crippen LogP contribution is -2.48. The van der Waals surface area contributed by atoms with Gasteiger partial charge >= 0.3 is 0 Å². The van der Waals surface area contributed by atoms with Gasteiger partial charge < -0.3 is 10.2 Å². The molecule has 0 unspecified atom stereocenters. The highest BCUT2D eigenvalue weighted by molar-refractivity contribution is 5.94. The zero-order valence-electron chi connectivity index (χ0n) is 24.0. The molecular weight excluding hydrogens is 501 g/mol. The molecule has 4 rings (SSSR count). The summed E-state index contributed by atoms with van der Waals surface area (Å²) in [5, 5.41) is 3.00. The zero-order chi connectivity index (χ0) is 28.5. The predicted octanol–water partition coefficient (Wildman–Crippen LogP) is 6.49. The highest BCUT2D eigenvalue weighted by Gasteiger charge is 2.31. The van der Waals surface area contributed by atoms with E-state index in [4.69, 9.17) is 0 Å². The Balaban J connectivity index is 1.38. The van der Waals surface area contributed by atoms with Crippen molar-refractivity contribution in [2.24, 2.45) is 5.92 Å². The van der Waals surface area contributed by atoms with Crippen LogP contribution in [0.3, 0.4) is 0 Å². The summed E-state index contributed by atoms with van der Waals surface area (Å²) in [4.78, 5) is 30.8. The molecule has 0 radical (unpaired) electrons. The van der Waals surface area contributed by atoms with Crippen LogP contribution in [-0.2, 0) is 24.4 Å². The van der Waals surface area contributed by atoms with E-state index in [1.807, 2.05) is 61.5 Å². The van der Waals surface area contributed by atoms with Crippen molar-refractivity contribution < 1.29 is 14.0 Å². The van der Waals surface area contributed by atoms with Gasteiger partial charge in [0.25, 0.3) is 5.91 Å². The Morgan fingerprint density at radius 1 is 0.925 bits per heavy atom. The molecule has 1 N–H and O–H groups in total. The Morgan fingerprint density at radius 2 is 1.57 bits per heavy atom. The van der Waals surface area contributed by atoms with Crippen molar-refractivity contribution in [2.45, 2.75) is 72.1 Å². The molecule has 1 saturated heterocycles. The van der Waals surface area contributed by atoms with Crippen molar-refractivity contribution in [1.29, 1.82) is 0 Å². The molecule has 6 heteroatoms. The molecule has 0 saturated carbocycles. The number of aryl methyl sites for hydroxylation is 1. The van der Waals surface area contributed by atoms with Crippen LogP contribution in [-0.4, -0.2) is 40.7 Å². The van der Waals surface area contributed by atoms with E-state index in [1.54, 1.807) is 0 Å². The van der Waals surface area contributed by atoms with E-state index in [0.29, 0.717) is 18.7 Å². The molecule has 0 bridgehead atoms. The number of amides is 2. The van der Waals surface area contributed by atoms with E-state index < -0.39 is 0 Å². The molecule has 40 heavy (non-hydrogen) atoms. The SMILES string of the molecule is CCC(CC)C(=O)N(Cc1ccc(C(=O)NCc2cccc(C)c2)cc1)C1CCN(Cc2ccc(F)cc2)CC1. The number of rotatable bonds is 11. The van der Waals surface area contributed by atoms with Crippen LogP contribution in [0, 0.1) is 18.7 Å². The van der Waals surface area contributed by atoms with Crippen LogP contribution in [0.1, 0.15) is 72.1 Å². The molecule has 1 aliphatic rings. The lowest BCUT2D eigenvalue weighted by Gasteiger charge is -2.40. The first-order valence-corrected chi connectivity index (χ1v) is 14.6. The summed E-state index contributed by atoms with van der Waals surface area (Å²) < 4.78 is 13.3. The lowest BCUT2D eigenvalue weighted by atomic mass is 9.96. The number of nitrogens with zero attached hydrogens (tertiary/aromatic N) is 2. The van der Waals surface area contributed by atoms with Crippen LogP contribution in [0.15, 0.2) is 72.8 Å². The maximum atomic E-state index is 13.6. The van der Waals surface area contributed by atoms with Gasteiger partial charge in [0.1, 0.15) is 5.82 Å². The molecule has 0 aliphatic carbocycles. The molecule has 212 valence electrons. The molecule has 0 spiro atoms. The number of likely N-dealkylation sites (tertiary alicyclic amines) is 1. The quantitative estimate of drug-likeness (QED) is 0.301. The van der Waals surface area contributed by atoms with Gasteiger partial charge in [0.05, 0.1) is 0 Å². The van der Waals surface area contributed by atoms with Crippen LogP contribution in [0.25, 0.3) is 0 Å². The van der Waals surface area contributed by atoms with Crippen molar-refractivity contribution in [3.8, 4) is 0 Å². The average molecular weight is 544 g/mol. The molecule has 3 aromatic carbocycles. The van der Waals surface area contributed by atoms with Gasteiger partial charge in [0.15, 0.2) is 0 Å². The molecule has 1 fully saturated rings. The Kier molecular flexibility index (Phi) is 10.5. The van der Waals surface area contributed by atoms with Crippen LogP contribution >= 0.6 is 0 Å². The van der Waals surface area contributed by atoms with Gasteiger partial charge in [-0.3, -0.25) is 14.5 Å². The minimum Gasteiger partial charge on any atom is -0.348 e. The summed E-state index contributed by atoms with van der Waals surface area (Å²) in [6, 6.07) is 22.7. The highest BCUT2D eigenvalue weighted by atomic mass is 19.1. The number of carbonyl (C=O) groups is 2. The summed E-state index contributed by atoms with van der Waals surface area (Å²) >= 11 is 0. The summed E-state index contributed by atoms with van der Waals surface area (Å²) in [6.07, 6.45) is 3.48. The Bertz CT molecular complexity index is 1250. The maximum Gasteiger partial charge on any atom is 0.251 e. The van der Waals surface area contributed by atoms with Gasteiger partial charge in [0.2, 0.25) is 5.91 Å². The first-order chi connectivity index (χ1) is 19.4. The van der Waals surface area contributed by atoms with Crippen molar-refractivity contribution in [3.63, 3.8) is 0 Å². The fourth-order valence-corrected chi connectivity index (χ4v) is 5.56. The van der Waals surface area contributed by atoms with Gasteiger partial charge in [-0.25, -0.2) is 4.39 Å². The molecule has 0 atom stereocenters. The standard InChI is InChI=1S/C34H42FN3O2/c1-4-29(5-2)34(40)38(32-17-19-37(20-18-32)23-26-11-15-31(35)16-12-26)24-27-9-13-30(14-10-27)33(39)36-22-28-8-6-7-25(3)21-28/h6-16,21,29,32H,4-5,17-20,22-24H2,1-3H3,(H,36,39). The van der Waals surface area contributed by atoms with E-state index in [1.165, 1.54) is 17.7 Å². The third-order valence-electron chi connectivity index (χ3n) is 8.04. The molecule has 1 aliphatic heterocycles. The molecule has 5 nitrogen and oxygen atoms in total. The fourth-order valence-electron chi connectivity index (χ4n) is 5.56. The minimum absolute atomic E-state index is 0.0175. The van der Waals surface area contributed by atoms with E-state index in [-0.39, 0.29) is 29.6 Å². The maximum absolute atomic E-state index is 13.6. The van der Waals surface area contributed by atoms with Crippen molar-refractivity contribution in [2.75, 3.05) is 13.1 Å². The van der Waals surface area contributed by atoms with Gasteiger partial charge in [-0.2, -0.15) is 0 Å². The predicted molar refractivity (Wildman–Crippen MR) is 158 cm³/mol. The smallest absolute Gasteiger partial charge is 0.251 e. The Labute approximate surface area is 238 Å². The third kappa shape index (κ3) is 8.01. The van der Waals surface area contributed by atoms with E-state index in [0.717, 1.165) is 62.0 Å². The van der Waals surface area contributed by atoms with Crippen LogP contribution in [0.5, 0.6) is 0 Å². The van der Waals surface area contributed by atoms with E-state index in [9.17, 15) is 14.0 Å². The topological polar surface area (TPSA) is 52.7 Å². The third-order valence-corrected chi connectivity index (χ3v) is 8.04. The zero-order valence-corrected chi connectivity index (χ0v) is 24.0. The highest BCUT2D eigenvalue weighted by Crippen LogP contribution is 2.25. The van der Waals surface area contributed by atoms with Gasteiger partial charge in [-0.15, -0.1) is 0 Å². The largest absolute Gasteiger partial charge is 0.348 e. The van der Waals surface area contributed by atoms with Gasteiger partial charge in [0, 0.05) is 50.2 Å². The van der Waals surface area contributed by atoms with Crippen LogP contribution in [0.2, 0.25) is 0 Å². The number of carbonyl (C=O) groups excluding carboxylic acids is 2. The number of halogens is 1. The van der Waals surface area contributed by atoms with Crippen molar-refractivity contribution in [1.82, 2.24) is 15.1 Å². The fraction of sp³-hybridized carbons (Fsp3) is 0.412. The summed E-state index contributed by atoms with van der Waals surface area (Å²) in [7, 11) is 0. The molecule has 1 heterocycles. The first kappa shape index (κ1) is 29.5. The van der Waals surface area contributed by atoms with E-state index in [2.05, 4.69) is 35.0 Å². The molecule has 2 amide bonds. The molecular formula is C34H42FN3O2. The van der Waals surface area contributed by atoms with Crippen molar-refractivity contribution in [3.05, 3.63) is 106 Å². The monoisotopic (exact) mass is 543 g/mol. The number of hydrogen-bond acceptors (Lipinski definition) is 3. The summed E-state index contributed by atoms with van der Waals surface area (Å²) in [5.74, 6) is -0.0774. The minimum atomic E-state index is -0.214. The summed E-state index contributed by atoms with van der Waals surface area (Å²) in [6.45, 7) is 9.82. The number of hydrogen-bond donors (Lipinski definition) is 1. The van der Waals surface area contributed by atoms with Crippen LogP contribution < -0.4 is 5.32 Å². The normalized spacial score (nSPS) is 14.3. The lowest BCUT2D eigenvalue weighted by molar-refractivity contribution is -0.140. The number of benzene rings is 3. The second-order valence-electron chi connectivity index (χ2n) is 11.0. The number of nitrogens with one attached hydrogen (secondary N) is 1. The number of piperidine rings is 1. The van der Waals surface area contributed by atoms with E-state index >= 15 is 0 Å². The first-order valence-electron chi connectivity index (χ1n) is 14.6.